The maximum Gasteiger partial charge on any atom is 0.139 e. The van der Waals surface area contributed by atoms with Crippen LogP contribution >= 0.6 is 0 Å². The summed E-state index contributed by atoms with van der Waals surface area (Å²) in [4.78, 5) is 5.12. The van der Waals surface area contributed by atoms with Gasteiger partial charge in [0.05, 0.1) is 13.2 Å². The summed E-state index contributed by atoms with van der Waals surface area (Å²) in [6.45, 7) is 8.76. The molecule has 0 unspecified atom stereocenters. The van der Waals surface area contributed by atoms with Gasteiger partial charge in [-0.25, -0.2) is 0 Å². The highest BCUT2D eigenvalue weighted by Gasteiger charge is 2.12. The molecule has 0 spiro atoms. The van der Waals surface area contributed by atoms with Crippen molar-refractivity contribution in [2.24, 2.45) is 0 Å². The lowest BCUT2D eigenvalue weighted by Gasteiger charge is -2.26. The average molecular weight is 451 g/mol. The molecule has 1 aromatic heterocycles. The van der Waals surface area contributed by atoms with E-state index in [9.17, 15) is 0 Å². The summed E-state index contributed by atoms with van der Waals surface area (Å²) in [7, 11) is 0. The molecule has 2 aromatic carbocycles. The largest absolute Gasteiger partial charge is 0.494 e. The van der Waals surface area contributed by atoms with E-state index < -0.39 is 0 Å². The van der Waals surface area contributed by atoms with Crippen LogP contribution in [0, 0.1) is 0 Å². The molecule has 5 nitrogen and oxygen atoms in total. The number of benzene rings is 2. The van der Waals surface area contributed by atoms with Crippen molar-refractivity contribution >= 4 is 21.9 Å². The van der Waals surface area contributed by atoms with Crippen LogP contribution in [0.15, 0.2) is 40.8 Å². The molecule has 33 heavy (non-hydrogen) atoms. The Morgan fingerprint density at radius 2 is 1.18 bits per heavy atom. The summed E-state index contributed by atoms with van der Waals surface area (Å²) in [5.41, 5.74) is 1.77. The fourth-order valence-electron chi connectivity index (χ4n) is 5.24. The molecule has 0 N–H and O–H groups in total. The first-order valence-electron chi connectivity index (χ1n) is 13.0. The van der Waals surface area contributed by atoms with Gasteiger partial charge in [-0.15, -0.1) is 0 Å². The van der Waals surface area contributed by atoms with Crippen LogP contribution in [0.25, 0.3) is 21.9 Å². The van der Waals surface area contributed by atoms with Crippen LogP contribution in [-0.4, -0.2) is 62.3 Å². The highest BCUT2D eigenvalue weighted by atomic mass is 16.5. The quantitative estimate of drug-likeness (QED) is 0.349. The monoisotopic (exact) mass is 450 g/mol. The predicted molar refractivity (Wildman–Crippen MR) is 135 cm³/mol. The fraction of sp³-hybridized carbons (Fsp3) is 0.571. The molecule has 5 rings (SSSR count). The third-order valence-corrected chi connectivity index (χ3v) is 7.09. The summed E-state index contributed by atoms with van der Waals surface area (Å²) in [6, 6.07) is 12.3. The van der Waals surface area contributed by atoms with Gasteiger partial charge in [0.1, 0.15) is 22.7 Å². The van der Waals surface area contributed by atoms with E-state index in [2.05, 4.69) is 28.0 Å². The summed E-state index contributed by atoms with van der Waals surface area (Å²) in [5.74, 6) is 1.80. The third-order valence-electron chi connectivity index (χ3n) is 7.09. The van der Waals surface area contributed by atoms with Crippen molar-refractivity contribution in [2.45, 2.75) is 51.4 Å². The maximum absolute atomic E-state index is 6.10. The lowest BCUT2D eigenvalue weighted by atomic mass is 10.1. The highest BCUT2D eigenvalue weighted by Crippen LogP contribution is 2.33. The van der Waals surface area contributed by atoms with Gasteiger partial charge in [0.15, 0.2) is 0 Å². The second-order valence-corrected chi connectivity index (χ2v) is 9.63. The Bertz CT molecular complexity index is 1020. The predicted octanol–water partition coefficient (Wildman–Crippen LogP) is 6.10. The van der Waals surface area contributed by atoms with Gasteiger partial charge in [-0.05, 0) is 95.0 Å². The van der Waals surface area contributed by atoms with Crippen LogP contribution < -0.4 is 9.47 Å². The number of furan rings is 1. The van der Waals surface area contributed by atoms with Crippen molar-refractivity contribution in [1.82, 2.24) is 9.80 Å². The van der Waals surface area contributed by atoms with Crippen molar-refractivity contribution < 1.29 is 13.9 Å². The molecule has 3 heterocycles. The molecule has 0 atom stereocenters. The number of piperidine rings is 2. The Hall–Kier alpha value is -2.24. The smallest absolute Gasteiger partial charge is 0.139 e. The Kier molecular flexibility index (Phi) is 7.69. The summed E-state index contributed by atoms with van der Waals surface area (Å²) < 4.78 is 18.2. The molecule has 178 valence electrons. The normalized spacial score (nSPS) is 18.2. The number of likely N-dealkylation sites (tertiary alicyclic amines) is 2. The van der Waals surface area contributed by atoms with E-state index >= 15 is 0 Å². The fourth-order valence-corrected chi connectivity index (χ4v) is 5.24. The van der Waals surface area contributed by atoms with E-state index in [0.29, 0.717) is 0 Å². The molecule has 0 bridgehead atoms. The minimum atomic E-state index is 0.748. The van der Waals surface area contributed by atoms with Gasteiger partial charge in [0.25, 0.3) is 0 Å². The molecule has 2 saturated heterocycles. The maximum atomic E-state index is 6.10. The minimum absolute atomic E-state index is 0.748. The summed E-state index contributed by atoms with van der Waals surface area (Å²) >= 11 is 0. The third kappa shape index (κ3) is 6.01. The molecule has 2 aliphatic rings. The van der Waals surface area contributed by atoms with Crippen molar-refractivity contribution in [3.63, 3.8) is 0 Å². The van der Waals surface area contributed by atoms with Crippen LogP contribution in [0.4, 0.5) is 0 Å². The van der Waals surface area contributed by atoms with E-state index in [1.54, 1.807) is 0 Å². The Balaban J connectivity index is 1.14. The van der Waals surface area contributed by atoms with E-state index in [1.165, 1.54) is 64.7 Å². The summed E-state index contributed by atoms with van der Waals surface area (Å²) in [6.07, 6.45) is 10.3. The number of nitrogens with zero attached hydrogens (tertiary/aromatic N) is 2. The molecule has 2 aliphatic heterocycles. The van der Waals surface area contributed by atoms with Gasteiger partial charge >= 0.3 is 0 Å². The second kappa shape index (κ2) is 11.3. The summed E-state index contributed by atoms with van der Waals surface area (Å²) in [5, 5.41) is 2.22. The van der Waals surface area contributed by atoms with Crippen LogP contribution in [0.5, 0.6) is 11.5 Å². The molecular formula is C28H38N2O3. The molecule has 0 radical (unpaired) electrons. The van der Waals surface area contributed by atoms with Gasteiger partial charge in [0, 0.05) is 29.9 Å². The van der Waals surface area contributed by atoms with Gasteiger partial charge < -0.3 is 23.7 Å². The van der Waals surface area contributed by atoms with E-state index in [-0.39, 0.29) is 0 Å². The topological polar surface area (TPSA) is 38.1 Å². The van der Waals surface area contributed by atoms with Crippen LogP contribution in [0.2, 0.25) is 0 Å². The molecule has 0 amide bonds. The van der Waals surface area contributed by atoms with Gasteiger partial charge in [0.2, 0.25) is 0 Å². The SMILES string of the molecule is c1cc2c(cc1OCCCN1CCCCC1)oc1ccc(OCCCN3CCCCC3)cc12. The molecule has 5 heteroatoms. The lowest BCUT2D eigenvalue weighted by molar-refractivity contribution is 0.205. The van der Waals surface area contributed by atoms with Gasteiger partial charge in [-0.1, -0.05) is 12.8 Å². The van der Waals surface area contributed by atoms with Gasteiger partial charge in [-0.3, -0.25) is 0 Å². The molecule has 0 aliphatic carbocycles. The zero-order chi connectivity index (χ0) is 22.3. The van der Waals surface area contributed by atoms with E-state index in [4.69, 9.17) is 13.9 Å². The Morgan fingerprint density at radius 1 is 0.606 bits per heavy atom. The van der Waals surface area contributed by atoms with Crippen LogP contribution in [0.1, 0.15) is 51.4 Å². The molecule has 2 fully saturated rings. The molecular weight excluding hydrogens is 412 g/mol. The first kappa shape index (κ1) is 22.5. The zero-order valence-electron chi connectivity index (χ0n) is 19.9. The second-order valence-electron chi connectivity index (χ2n) is 9.63. The van der Waals surface area contributed by atoms with Crippen molar-refractivity contribution in [2.75, 3.05) is 52.5 Å². The van der Waals surface area contributed by atoms with Crippen LogP contribution in [-0.2, 0) is 0 Å². The minimum Gasteiger partial charge on any atom is -0.494 e. The van der Waals surface area contributed by atoms with Crippen molar-refractivity contribution in [3.05, 3.63) is 36.4 Å². The standard InChI is InChI=1S/C28H38N2O3/c1-3-13-29(14-4-1)17-7-19-31-23-10-12-27-26(21-23)25-11-9-24(22-28(25)33-27)32-20-8-18-30-15-5-2-6-16-30/h9-12,21-22H,1-8,13-20H2. The number of hydrogen-bond donors (Lipinski definition) is 0. The number of fused-ring (bicyclic) bond motifs is 3. The van der Waals surface area contributed by atoms with Crippen molar-refractivity contribution in [3.8, 4) is 11.5 Å². The first-order valence-corrected chi connectivity index (χ1v) is 13.0. The zero-order valence-corrected chi connectivity index (χ0v) is 19.9. The number of ether oxygens (including phenoxy) is 2. The van der Waals surface area contributed by atoms with E-state index in [1.807, 2.05) is 18.2 Å². The number of rotatable bonds is 10. The van der Waals surface area contributed by atoms with Gasteiger partial charge in [-0.2, -0.15) is 0 Å². The first-order chi connectivity index (χ1) is 16.3. The lowest BCUT2D eigenvalue weighted by Crippen LogP contribution is -2.31. The number of hydrogen-bond acceptors (Lipinski definition) is 5. The van der Waals surface area contributed by atoms with Crippen LogP contribution in [0.3, 0.4) is 0 Å². The average Bonchev–Trinajstić information content (AvgIpc) is 3.23. The van der Waals surface area contributed by atoms with Crippen molar-refractivity contribution in [1.29, 1.82) is 0 Å². The molecule has 3 aromatic rings. The van der Waals surface area contributed by atoms with E-state index in [0.717, 1.165) is 72.6 Å². The highest BCUT2D eigenvalue weighted by molar-refractivity contribution is 6.05. The Labute approximate surface area is 197 Å². The Morgan fingerprint density at radius 3 is 1.82 bits per heavy atom. The molecule has 0 saturated carbocycles.